The molecule has 0 spiro atoms. The predicted molar refractivity (Wildman–Crippen MR) is 122 cm³/mol. The number of nitrogens with zero attached hydrogens (tertiary/aromatic N) is 4. The van der Waals surface area contributed by atoms with Crippen molar-refractivity contribution in [2.45, 2.75) is 27.2 Å². The monoisotopic (exact) mass is 428 g/mol. The van der Waals surface area contributed by atoms with E-state index < -0.39 is 0 Å². The van der Waals surface area contributed by atoms with E-state index in [-0.39, 0.29) is 11.5 Å². The van der Waals surface area contributed by atoms with E-state index in [1.54, 1.807) is 23.2 Å². The van der Waals surface area contributed by atoms with Crippen molar-refractivity contribution < 1.29 is 4.79 Å². The van der Waals surface area contributed by atoms with Crippen LogP contribution in [-0.2, 0) is 4.79 Å². The van der Waals surface area contributed by atoms with Crippen molar-refractivity contribution in [3.05, 3.63) is 45.2 Å². The standard InChI is InChI=1S/C21H24N4O2S2/c1-4-24-20(27)16(29-21(24)28)10-15-18(23-11-13(2)9-14(3)12-23)22-17-7-5-6-8-25(17)19(15)26/h5-8,10,13-14H,4,9,11-12H2,1-3H3/b16-10+. The number of piperidine rings is 1. The fourth-order valence-corrected chi connectivity index (χ4v) is 5.56. The number of aromatic nitrogens is 2. The van der Waals surface area contributed by atoms with Crippen LogP contribution in [0.25, 0.3) is 11.7 Å². The van der Waals surface area contributed by atoms with Crippen LogP contribution in [0.5, 0.6) is 0 Å². The van der Waals surface area contributed by atoms with Gasteiger partial charge in [-0.2, -0.15) is 0 Å². The topological polar surface area (TPSA) is 57.9 Å². The number of hydrogen-bond donors (Lipinski definition) is 0. The molecule has 2 aliphatic rings. The van der Waals surface area contributed by atoms with Crippen molar-refractivity contribution >= 4 is 51.7 Å². The van der Waals surface area contributed by atoms with Crippen LogP contribution in [0.3, 0.4) is 0 Å². The molecule has 2 atom stereocenters. The Morgan fingerprint density at radius 3 is 2.62 bits per heavy atom. The minimum absolute atomic E-state index is 0.147. The number of hydrogen-bond acceptors (Lipinski definition) is 6. The molecule has 0 saturated carbocycles. The molecule has 8 heteroatoms. The van der Waals surface area contributed by atoms with Gasteiger partial charge in [0.15, 0.2) is 0 Å². The second-order valence-corrected chi connectivity index (χ2v) is 9.54. The normalized spacial score (nSPS) is 24.2. The first kappa shape index (κ1) is 20.1. The molecular weight excluding hydrogens is 404 g/mol. The van der Waals surface area contributed by atoms with E-state index >= 15 is 0 Å². The summed E-state index contributed by atoms with van der Waals surface area (Å²) < 4.78 is 2.06. The van der Waals surface area contributed by atoms with Crippen molar-refractivity contribution in [2.75, 3.05) is 24.5 Å². The van der Waals surface area contributed by atoms with Crippen molar-refractivity contribution in [2.24, 2.45) is 11.8 Å². The molecule has 4 rings (SSSR count). The van der Waals surface area contributed by atoms with Gasteiger partial charge in [0.2, 0.25) is 0 Å². The Kier molecular flexibility index (Phi) is 5.48. The number of anilines is 1. The Morgan fingerprint density at radius 2 is 1.97 bits per heavy atom. The molecule has 6 nitrogen and oxygen atoms in total. The van der Waals surface area contributed by atoms with Crippen LogP contribution in [0.4, 0.5) is 5.82 Å². The fourth-order valence-electron chi connectivity index (χ4n) is 4.20. The molecule has 2 aliphatic heterocycles. The highest BCUT2D eigenvalue weighted by Crippen LogP contribution is 2.34. The molecule has 0 aliphatic carbocycles. The molecule has 0 N–H and O–H groups in total. The van der Waals surface area contributed by atoms with Gasteiger partial charge < -0.3 is 4.90 Å². The summed E-state index contributed by atoms with van der Waals surface area (Å²) in [4.78, 5) is 35.2. The van der Waals surface area contributed by atoms with E-state index in [2.05, 4.69) is 18.7 Å². The van der Waals surface area contributed by atoms with Crippen molar-refractivity contribution in [3.8, 4) is 0 Å². The van der Waals surface area contributed by atoms with Gasteiger partial charge in [-0.3, -0.25) is 18.9 Å². The first-order valence-electron chi connectivity index (χ1n) is 9.90. The molecule has 2 unspecified atom stereocenters. The molecule has 29 heavy (non-hydrogen) atoms. The highest BCUT2D eigenvalue weighted by atomic mass is 32.2. The fraction of sp³-hybridized carbons (Fsp3) is 0.429. The lowest BCUT2D eigenvalue weighted by atomic mass is 9.91. The van der Waals surface area contributed by atoms with Gasteiger partial charge in [-0.1, -0.05) is 43.9 Å². The van der Waals surface area contributed by atoms with Gasteiger partial charge in [0, 0.05) is 25.8 Å². The van der Waals surface area contributed by atoms with Crippen LogP contribution in [0.1, 0.15) is 32.8 Å². The minimum atomic E-state index is -0.168. The van der Waals surface area contributed by atoms with E-state index in [4.69, 9.17) is 17.2 Å². The van der Waals surface area contributed by atoms with Crippen molar-refractivity contribution in [3.63, 3.8) is 0 Å². The Balaban J connectivity index is 1.89. The zero-order chi connectivity index (χ0) is 20.7. The molecule has 4 heterocycles. The lowest BCUT2D eigenvalue weighted by Gasteiger charge is -2.36. The summed E-state index contributed by atoms with van der Waals surface area (Å²) in [5, 5.41) is 0. The molecule has 0 bridgehead atoms. The third-order valence-corrected chi connectivity index (χ3v) is 6.76. The SMILES string of the molecule is CCN1C(=O)/C(=C\c2c(N3CC(C)CC(C)C3)nc3ccccn3c2=O)SC1=S. The average molecular weight is 429 g/mol. The van der Waals surface area contributed by atoms with Crippen molar-refractivity contribution in [1.82, 2.24) is 14.3 Å². The van der Waals surface area contributed by atoms with Gasteiger partial charge in [0.25, 0.3) is 11.5 Å². The summed E-state index contributed by atoms with van der Waals surface area (Å²) >= 11 is 6.57. The predicted octanol–water partition coefficient (Wildman–Crippen LogP) is 3.40. The van der Waals surface area contributed by atoms with Crippen LogP contribution >= 0.6 is 24.0 Å². The van der Waals surface area contributed by atoms with Crippen LogP contribution in [0.15, 0.2) is 34.1 Å². The number of thioether (sulfide) groups is 1. The van der Waals surface area contributed by atoms with Gasteiger partial charge in [-0.05, 0) is 43.4 Å². The lowest BCUT2D eigenvalue weighted by molar-refractivity contribution is -0.121. The zero-order valence-electron chi connectivity index (χ0n) is 16.8. The lowest BCUT2D eigenvalue weighted by Crippen LogP contribution is -2.40. The smallest absolute Gasteiger partial charge is 0.267 e. The molecule has 2 aromatic rings. The maximum absolute atomic E-state index is 13.4. The number of likely N-dealkylation sites (N-methyl/N-ethyl adjacent to an activating group) is 1. The Labute approximate surface area is 179 Å². The van der Waals surface area contributed by atoms with Crippen LogP contribution in [0.2, 0.25) is 0 Å². The van der Waals surface area contributed by atoms with E-state index in [0.717, 1.165) is 19.5 Å². The highest BCUT2D eigenvalue weighted by molar-refractivity contribution is 8.26. The van der Waals surface area contributed by atoms with Gasteiger partial charge >= 0.3 is 0 Å². The van der Waals surface area contributed by atoms with E-state index in [1.165, 1.54) is 16.2 Å². The average Bonchev–Trinajstić information content (AvgIpc) is 2.95. The number of fused-ring (bicyclic) bond motifs is 1. The number of amides is 1. The van der Waals surface area contributed by atoms with Crippen LogP contribution < -0.4 is 10.5 Å². The zero-order valence-corrected chi connectivity index (χ0v) is 18.4. The Bertz CT molecular complexity index is 1070. The number of pyridine rings is 1. The number of carbonyl (C=O) groups excluding carboxylic acids is 1. The highest BCUT2D eigenvalue weighted by Gasteiger charge is 2.32. The summed E-state index contributed by atoms with van der Waals surface area (Å²) in [6.07, 6.45) is 4.56. The molecule has 2 aromatic heterocycles. The Morgan fingerprint density at radius 1 is 1.24 bits per heavy atom. The molecule has 0 radical (unpaired) electrons. The van der Waals surface area contributed by atoms with Gasteiger partial charge in [0.05, 0.1) is 10.5 Å². The number of carbonyl (C=O) groups is 1. The molecule has 2 fully saturated rings. The summed E-state index contributed by atoms with van der Waals surface area (Å²) in [6.45, 7) is 8.55. The van der Waals surface area contributed by atoms with Crippen LogP contribution in [-0.4, -0.2) is 44.1 Å². The molecule has 0 aromatic carbocycles. The first-order chi connectivity index (χ1) is 13.9. The van der Waals surface area contributed by atoms with E-state index in [0.29, 0.717) is 44.6 Å². The van der Waals surface area contributed by atoms with E-state index in [1.807, 2.05) is 19.1 Å². The third-order valence-electron chi connectivity index (χ3n) is 5.38. The maximum Gasteiger partial charge on any atom is 0.267 e. The van der Waals surface area contributed by atoms with Crippen molar-refractivity contribution in [1.29, 1.82) is 0 Å². The van der Waals surface area contributed by atoms with Gasteiger partial charge in [-0.15, -0.1) is 0 Å². The summed E-state index contributed by atoms with van der Waals surface area (Å²) in [6, 6.07) is 5.52. The summed E-state index contributed by atoms with van der Waals surface area (Å²) in [7, 11) is 0. The van der Waals surface area contributed by atoms with Crippen LogP contribution in [0, 0.1) is 11.8 Å². The molecule has 1 amide bonds. The molecular formula is C21H24N4O2S2. The first-order valence-corrected chi connectivity index (χ1v) is 11.1. The largest absolute Gasteiger partial charge is 0.355 e. The Hall–Kier alpha value is -2.19. The number of thiocarbonyl (C=S) groups is 1. The second-order valence-electron chi connectivity index (χ2n) is 7.86. The minimum Gasteiger partial charge on any atom is -0.355 e. The summed E-state index contributed by atoms with van der Waals surface area (Å²) in [5.41, 5.74) is 0.890. The summed E-state index contributed by atoms with van der Waals surface area (Å²) in [5.74, 6) is 1.54. The number of rotatable bonds is 3. The maximum atomic E-state index is 13.4. The molecule has 2 saturated heterocycles. The van der Waals surface area contributed by atoms with E-state index in [9.17, 15) is 9.59 Å². The van der Waals surface area contributed by atoms with Gasteiger partial charge in [0.1, 0.15) is 15.8 Å². The second kappa shape index (κ2) is 7.91. The third kappa shape index (κ3) is 3.71. The van der Waals surface area contributed by atoms with Gasteiger partial charge in [-0.25, -0.2) is 4.98 Å². The quantitative estimate of drug-likeness (QED) is 0.552. The molecule has 152 valence electrons.